The van der Waals surface area contributed by atoms with Crippen molar-refractivity contribution in [3.63, 3.8) is 0 Å². The summed E-state index contributed by atoms with van der Waals surface area (Å²) in [5, 5.41) is 5.57. The lowest BCUT2D eigenvalue weighted by Crippen LogP contribution is -2.45. The van der Waals surface area contributed by atoms with Gasteiger partial charge in [0.25, 0.3) is 5.91 Å². The van der Waals surface area contributed by atoms with E-state index in [0.717, 1.165) is 0 Å². The number of hydrogen-bond donors (Lipinski definition) is 2. The summed E-state index contributed by atoms with van der Waals surface area (Å²) in [5.41, 5.74) is 1.38. The minimum absolute atomic E-state index is 0.128. The van der Waals surface area contributed by atoms with E-state index in [1.807, 2.05) is 12.1 Å². The minimum atomic E-state index is -0.612. The first kappa shape index (κ1) is 13.9. The van der Waals surface area contributed by atoms with Gasteiger partial charge in [0.15, 0.2) is 0 Å². The molecule has 1 heterocycles. The Bertz CT molecular complexity index is 580. The topological polar surface area (TPSA) is 76.7 Å². The van der Waals surface area contributed by atoms with Crippen molar-refractivity contribution < 1.29 is 19.1 Å². The lowest BCUT2D eigenvalue weighted by atomic mass is 10.0. The van der Waals surface area contributed by atoms with Crippen LogP contribution in [0.2, 0.25) is 0 Å². The third kappa shape index (κ3) is 2.45. The summed E-state index contributed by atoms with van der Waals surface area (Å²) in [5.74, 6) is -0.309. The van der Waals surface area contributed by atoms with Crippen LogP contribution >= 0.6 is 0 Å². The van der Waals surface area contributed by atoms with Crippen LogP contribution in [-0.4, -0.2) is 26.1 Å². The molecule has 1 amide bonds. The average molecular weight is 276 g/mol. The number of rotatable bonds is 3. The third-order valence-electron chi connectivity index (χ3n) is 3.09. The lowest BCUT2D eigenvalue weighted by molar-refractivity contribution is -0.138. The Morgan fingerprint density at radius 1 is 1.25 bits per heavy atom. The zero-order valence-corrected chi connectivity index (χ0v) is 11.5. The summed E-state index contributed by atoms with van der Waals surface area (Å²) in [6.45, 7) is 1.70. The molecule has 20 heavy (non-hydrogen) atoms. The van der Waals surface area contributed by atoms with Crippen LogP contribution in [0.3, 0.4) is 0 Å². The van der Waals surface area contributed by atoms with E-state index in [1.165, 1.54) is 7.11 Å². The number of para-hydroxylation sites is 1. The van der Waals surface area contributed by atoms with Crippen molar-refractivity contribution in [2.75, 3.05) is 14.2 Å². The molecule has 2 N–H and O–H groups in total. The van der Waals surface area contributed by atoms with Crippen molar-refractivity contribution >= 4 is 11.9 Å². The molecule has 6 heteroatoms. The normalized spacial score (nSPS) is 18.1. The Kier molecular flexibility index (Phi) is 3.93. The molecule has 2 rings (SSSR count). The summed E-state index contributed by atoms with van der Waals surface area (Å²) in [6.07, 6.45) is 0. The SMILES string of the molecule is COC(=O)C1=C(C)NC(c2ccccc2OC)C(=O)N1. The van der Waals surface area contributed by atoms with Gasteiger partial charge in [0.2, 0.25) is 0 Å². The van der Waals surface area contributed by atoms with Gasteiger partial charge < -0.3 is 20.1 Å². The van der Waals surface area contributed by atoms with E-state index in [-0.39, 0.29) is 11.6 Å². The predicted molar refractivity (Wildman–Crippen MR) is 71.7 cm³/mol. The molecule has 1 aliphatic rings. The van der Waals surface area contributed by atoms with Crippen molar-refractivity contribution in [1.82, 2.24) is 10.6 Å². The Balaban J connectivity index is 2.35. The van der Waals surface area contributed by atoms with Gasteiger partial charge in [-0.2, -0.15) is 0 Å². The van der Waals surface area contributed by atoms with Crippen molar-refractivity contribution in [3.8, 4) is 5.75 Å². The fourth-order valence-corrected chi connectivity index (χ4v) is 2.07. The number of amides is 1. The van der Waals surface area contributed by atoms with Gasteiger partial charge in [0.1, 0.15) is 17.5 Å². The molecule has 1 atom stereocenters. The van der Waals surface area contributed by atoms with Crippen molar-refractivity contribution in [1.29, 1.82) is 0 Å². The number of carbonyl (C=O) groups is 2. The van der Waals surface area contributed by atoms with Crippen molar-refractivity contribution in [3.05, 3.63) is 41.2 Å². The molecule has 1 unspecified atom stereocenters. The second-order valence-electron chi connectivity index (χ2n) is 4.30. The number of nitrogens with one attached hydrogen (secondary N) is 2. The lowest BCUT2D eigenvalue weighted by Gasteiger charge is -2.27. The maximum Gasteiger partial charge on any atom is 0.356 e. The second-order valence-corrected chi connectivity index (χ2v) is 4.30. The molecular formula is C14H16N2O4. The van der Waals surface area contributed by atoms with Crippen LogP contribution in [0.15, 0.2) is 35.7 Å². The quantitative estimate of drug-likeness (QED) is 0.801. The summed E-state index contributed by atoms with van der Waals surface area (Å²) < 4.78 is 9.87. The molecule has 0 radical (unpaired) electrons. The first-order valence-corrected chi connectivity index (χ1v) is 6.08. The maximum absolute atomic E-state index is 12.2. The smallest absolute Gasteiger partial charge is 0.356 e. The van der Waals surface area contributed by atoms with Crippen LogP contribution in [0.4, 0.5) is 0 Å². The molecule has 6 nitrogen and oxygen atoms in total. The molecule has 0 saturated heterocycles. The predicted octanol–water partition coefficient (Wildman–Crippen LogP) is 0.860. The highest BCUT2D eigenvalue weighted by Crippen LogP contribution is 2.28. The number of benzene rings is 1. The van der Waals surface area contributed by atoms with E-state index >= 15 is 0 Å². The van der Waals surface area contributed by atoms with Gasteiger partial charge in [-0.05, 0) is 13.0 Å². The molecule has 1 aliphatic heterocycles. The van der Waals surface area contributed by atoms with E-state index in [9.17, 15) is 9.59 Å². The zero-order chi connectivity index (χ0) is 14.7. The second kappa shape index (κ2) is 5.64. The number of ether oxygens (including phenoxy) is 2. The summed E-state index contributed by atoms with van der Waals surface area (Å²) in [4.78, 5) is 23.7. The molecular weight excluding hydrogens is 260 g/mol. The van der Waals surface area contributed by atoms with Crippen LogP contribution in [0, 0.1) is 0 Å². The summed E-state index contributed by atoms with van der Waals surface area (Å²) in [7, 11) is 2.81. The number of methoxy groups -OCH3 is 2. The monoisotopic (exact) mass is 276 g/mol. The van der Waals surface area contributed by atoms with Crippen LogP contribution in [0.1, 0.15) is 18.5 Å². The Labute approximate surface area is 116 Å². The van der Waals surface area contributed by atoms with Gasteiger partial charge >= 0.3 is 5.97 Å². The van der Waals surface area contributed by atoms with Gasteiger partial charge in [0, 0.05) is 11.3 Å². The van der Waals surface area contributed by atoms with E-state index in [1.54, 1.807) is 26.2 Å². The molecule has 0 aliphatic carbocycles. The van der Waals surface area contributed by atoms with Crippen LogP contribution < -0.4 is 15.4 Å². The van der Waals surface area contributed by atoms with Crippen LogP contribution in [0.5, 0.6) is 5.75 Å². The fraction of sp³-hybridized carbons (Fsp3) is 0.286. The van der Waals surface area contributed by atoms with E-state index < -0.39 is 12.0 Å². The zero-order valence-electron chi connectivity index (χ0n) is 11.5. The largest absolute Gasteiger partial charge is 0.496 e. The van der Waals surface area contributed by atoms with Crippen molar-refractivity contribution in [2.45, 2.75) is 13.0 Å². The highest BCUT2D eigenvalue weighted by molar-refractivity contribution is 5.98. The Morgan fingerprint density at radius 3 is 2.60 bits per heavy atom. The molecule has 0 fully saturated rings. The van der Waals surface area contributed by atoms with Gasteiger partial charge in [-0.25, -0.2) is 4.79 Å². The van der Waals surface area contributed by atoms with Gasteiger partial charge in [-0.1, -0.05) is 18.2 Å². The highest BCUT2D eigenvalue weighted by Gasteiger charge is 2.31. The highest BCUT2D eigenvalue weighted by atomic mass is 16.5. The summed E-state index contributed by atoms with van der Waals surface area (Å²) >= 11 is 0. The average Bonchev–Trinajstić information content (AvgIpc) is 2.48. The molecule has 1 aromatic carbocycles. The Hall–Kier alpha value is -2.50. The Morgan fingerprint density at radius 2 is 1.95 bits per heavy atom. The number of carbonyl (C=O) groups excluding carboxylic acids is 2. The van der Waals surface area contributed by atoms with Crippen LogP contribution in [0.25, 0.3) is 0 Å². The molecule has 1 aromatic rings. The first-order chi connectivity index (χ1) is 9.58. The van der Waals surface area contributed by atoms with Gasteiger partial charge in [-0.3, -0.25) is 4.79 Å². The molecule has 106 valence electrons. The summed E-state index contributed by atoms with van der Waals surface area (Å²) in [6, 6.07) is 6.61. The maximum atomic E-state index is 12.2. The van der Waals surface area contributed by atoms with Crippen molar-refractivity contribution in [2.24, 2.45) is 0 Å². The number of esters is 1. The molecule has 0 bridgehead atoms. The molecule has 0 saturated carbocycles. The number of allylic oxidation sites excluding steroid dienone is 1. The first-order valence-electron chi connectivity index (χ1n) is 6.08. The van der Waals surface area contributed by atoms with E-state index in [4.69, 9.17) is 4.74 Å². The standard InChI is InChI=1S/C14H16N2O4/c1-8-11(14(18)20-3)16-13(17)12(15-8)9-6-4-5-7-10(9)19-2/h4-7,12,15H,1-3H3,(H,16,17). The van der Waals surface area contributed by atoms with Gasteiger partial charge in [0.05, 0.1) is 14.2 Å². The third-order valence-corrected chi connectivity index (χ3v) is 3.09. The fourth-order valence-electron chi connectivity index (χ4n) is 2.07. The van der Waals surface area contributed by atoms with Crippen LogP contribution in [-0.2, 0) is 14.3 Å². The van der Waals surface area contributed by atoms with E-state index in [2.05, 4.69) is 15.4 Å². The molecule has 0 aromatic heterocycles. The van der Waals surface area contributed by atoms with E-state index in [0.29, 0.717) is 17.0 Å². The minimum Gasteiger partial charge on any atom is -0.496 e. The van der Waals surface area contributed by atoms with Gasteiger partial charge in [-0.15, -0.1) is 0 Å². The molecule has 0 spiro atoms. The number of hydrogen-bond acceptors (Lipinski definition) is 5.